The largest absolute Gasteiger partial charge is 0.376 e. The average molecular weight is 322 g/mol. The number of nitrogens with one attached hydrogen (secondary N) is 1. The average Bonchev–Trinajstić information content (AvgIpc) is 2.47. The summed E-state index contributed by atoms with van der Waals surface area (Å²) >= 11 is 11.3. The summed E-state index contributed by atoms with van der Waals surface area (Å²) in [5, 5.41) is 4.32. The van der Waals surface area contributed by atoms with Gasteiger partial charge in [-0.3, -0.25) is 0 Å². The highest BCUT2D eigenvalue weighted by molar-refractivity contribution is 7.80. The van der Waals surface area contributed by atoms with E-state index in [0.29, 0.717) is 5.11 Å². The molecule has 0 saturated heterocycles. The molecule has 0 bridgehead atoms. The minimum absolute atomic E-state index is 0.305. The molecule has 0 radical (unpaired) electrons. The first-order valence-electron chi connectivity index (χ1n) is 7.01. The lowest BCUT2D eigenvalue weighted by Gasteiger charge is -2.43. The van der Waals surface area contributed by atoms with Crippen LogP contribution in [-0.4, -0.2) is 22.2 Å². The van der Waals surface area contributed by atoms with E-state index in [2.05, 4.69) is 35.5 Å². The summed E-state index contributed by atoms with van der Waals surface area (Å²) in [5.41, 5.74) is 6.47. The van der Waals surface area contributed by atoms with Crippen molar-refractivity contribution in [2.24, 2.45) is 5.73 Å². The minimum Gasteiger partial charge on any atom is -0.376 e. The summed E-state index contributed by atoms with van der Waals surface area (Å²) in [6.45, 7) is 2.94. The van der Waals surface area contributed by atoms with Gasteiger partial charge < -0.3 is 16.0 Å². The summed E-state index contributed by atoms with van der Waals surface area (Å²) in [4.78, 5) is 2.22. The molecule has 2 rings (SSSR count). The van der Waals surface area contributed by atoms with E-state index >= 15 is 0 Å². The van der Waals surface area contributed by atoms with Crippen LogP contribution in [0, 0.1) is 0 Å². The normalized spacial score (nSPS) is 20.6. The first kappa shape index (κ1) is 15.9. The Morgan fingerprint density at radius 3 is 2.81 bits per heavy atom. The van der Waals surface area contributed by atoms with Crippen molar-refractivity contribution in [2.45, 2.75) is 25.4 Å². The predicted octanol–water partition coefficient (Wildman–Crippen LogP) is 3.21. The SMILES string of the molecule is CCC1(NC(N)=S)C=CC=CN1CCc1ccccc1Cl. The standard InChI is InChI=1S/C16H20ClN3S/c1-2-16(19-15(18)21)10-5-6-11-20(16)12-9-13-7-3-4-8-14(13)17/h3-8,10-11H,2,9,12H2,1H3,(H3,18,19,21). The summed E-state index contributed by atoms with van der Waals surface area (Å²) in [5.74, 6) is 0. The first-order valence-corrected chi connectivity index (χ1v) is 7.80. The van der Waals surface area contributed by atoms with Crippen molar-refractivity contribution < 1.29 is 0 Å². The van der Waals surface area contributed by atoms with Gasteiger partial charge in [-0.1, -0.05) is 42.8 Å². The molecule has 3 nitrogen and oxygen atoms in total. The Hall–Kier alpha value is -1.52. The highest BCUT2D eigenvalue weighted by Crippen LogP contribution is 2.24. The van der Waals surface area contributed by atoms with Gasteiger partial charge in [0.05, 0.1) is 0 Å². The zero-order valence-electron chi connectivity index (χ0n) is 12.1. The maximum absolute atomic E-state index is 6.22. The van der Waals surface area contributed by atoms with Crippen LogP contribution in [0.4, 0.5) is 0 Å². The molecule has 1 aromatic carbocycles. The van der Waals surface area contributed by atoms with Gasteiger partial charge in [0.25, 0.3) is 0 Å². The fourth-order valence-electron chi connectivity index (χ4n) is 2.55. The zero-order valence-corrected chi connectivity index (χ0v) is 13.6. The van der Waals surface area contributed by atoms with E-state index in [1.54, 1.807) is 0 Å². The summed E-state index contributed by atoms with van der Waals surface area (Å²) in [6, 6.07) is 7.93. The van der Waals surface area contributed by atoms with Gasteiger partial charge in [0, 0.05) is 17.8 Å². The molecule has 0 aromatic heterocycles. The number of nitrogens with zero attached hydrogens (tertiary/aromatic N) is 1. The number of benzene rings is 1. The van der Waals surface area contributed by atoms with Crippen molar-refractivity contribution in [3.8, 4) is 0 Å². The lowest BCUT2D eigenvalue weighted by atomic mass is 10.0. The Morgan fingerprint density at radius 2 is 2.14 bits per heavy atom. The molecule has 5 heteroatoms. The molecular weight excluding hydrogens is 302 g/mol. The Labute approximate surface area is 136 Å². The van der Waals surface area contributed by atoms with Crippen LogP contribution >= 0.6 is 23.8 Å². The van der Waals surface area contributed by atoms with Crippen LogP contribution < -0.4 is 11.1 Å². The third-order valence-corrected chi connectivity index (χ3v) is 4.19. The quantitative estimate of drug-likeness (QED) is 0.817. The number of allylic oxidation sites excluding steroid dienone is 2. The van der Waals surface area contributed by atoms with Crippen molar-refractivity contribution in [2.75, 3.05) is 6.54 Å². The van der Waals surface area contributed by atoms with Gasteiger partial charge in [0.1, 0.15) is 5.66 Å². The monoisotopic (exact) mass is 321 g/mol. The summed E-state index contributed by atoms with van der Waals surface area (Å²) in [6.07, 6.45) is 9.90. The van der Waals surface area contributed by atoms with Crippen LogP contribution in [0.15, 0.2) is 48.7 Å². The first-order chi connectivity index (χ1) is 10.1. The molecule has 0 aliphatic carbocycles. The molecule has 1 heterocycles. The van der Waals surface area contributed by atoms with E-state index in [9.17, 15) is 0 Å². The van der Waals surface area contributed by atoms with E-state index < -0.39 is 0 Å². The predicted molar refractivity (Wildman–Crippen MR) is 93.1 cm³/mol. The van der Waals surface area contributed by atoms with Crippen molar-refractivity contribution in [3.63, 3.8) is 0 Å². The second-order valence-corrected chi connectivity index (χ2v) is 5.85. The van der Waals surface area contributed by atoms with E-state index in [0.717, 1.165) is 30.0 Å². The second kappa shape index (κ2) is 6.96. The Kier molecular flexibility index (Phi) is 5.26. The smallest absolute Gasteiger partial charge is 0.165 e. The van der Waals surface area contributed by atoms with Gasteiger partial charge in [-0.2, -0.15) is 0 Å². The van der Waals surface area contributed by atoms with E-state index in [1.807, 2.05) is 30.4 Å². The molecule has 3 N–H and O–H groups in total. The molecule has 0 amide bonds. The van der Waals surface area contributed by atoms with E-state index in [4.69, 9.17) is 29.6 Å². The molecule has 1 aliphatic heterocycles. The fraction of sp³-hybridized carbons (Fsp3) is 0.312. The maximum atomic E-state index is 6.22. The molecule has 0 spiro atoms. The molecular formula is C16H20ClN3S. The number of hydrogen-bond donors (Lipinski definition) is 2. The van der Waals surface area contributed by atoms with Crippen LogP contribution in [0.25, 0.3) is 0 Å². The van der Waals surface area contributed by atoms with Gasteiger partial charge in [0.15, 0.2) is 5.11 Å². The molecule has 112 valence electrons. The van der Waals surface area contributed by atoms with Gasteiger partial charge in [0.2, 0.25) is 0 Å². The van der Waals surface area contributed by atoms with E-state index in [-0.39, 0.29) is 5.66 Å². The Morgan fingerprint density at radius 1 is 1.38 bits per heavy atom. The summed E-state index contributed by atoms with van der Waals surface area (Å²) < 4.78 is 0. The molecule has 0 saturated carbocycles. The fourth-order valence-corrected chi connectivity index (χ4v) is 2.96. The number of halogens is 1. The van der Waals surface area contributed by atoms with Crippen molar-refractivity contribution >= 4 is 28.9 Å². The molecule has 1 aliphatic rings. The minimum atomic E-state index is -0.359. The number of hydrogen-bond acceptors (Lipinski definition) is 2. The van der Waals surface area contributed by atoms with Crippen LogP contribution in [0.1, 0.15) is 18.9 Å². The Bertz CT molecular complexity index is 570. The molecule has 21 heavy (non-hydrogen) atoms. The summed E-state index contributed by atoms with van der Waals surface area (Å²) in [7, 11) is 0. The van der Waals surface area contributed by atoms with Crippen LogP contribution in [0.3, 0.4) is 0 Å². The zero-order chi connectivity index (χ0) is 15.3. The second-order valence-electron chi connectivity index (χ2n) is 5.00. The highest BCUT2D eigenvalue weighted by Gasteiger charge is 2.32. The Balaban J connectivity index is 2.13. The highest BCUT2D eigenvalue weighted by atomic mass is 35.5. The molecule has 0 fully saturated rings. The van der Waals surface area contributed by atoms with Gasteiger partial charge in [-0.05, 0) is 48.8 Å². The van der Waals surface area contributed by atoms with Gasteiger partial charge >= 0.3 is 0 Å². The third kappa shape index (κ3) is 3.77. The van der Waals surface area contributed by atoms with Crippen molar-refractivity contribution in [3.05, 3.63) is 59.3 Å². The van der Waals surface area contributed by atoms with E-state index in [1.165, 1.54) is 0 Å². The molecule has 1 aromatic rings. The number of rotatable bonds is 5. The lowest BCUT2D eigenvalue weighted by Crippen LogP contribution is -2.59. The topological polar surface area (TPSA) is 41.3 Å². The maximum Gasteiger partial charge on any atom is 0.165 e. The van der Waals surface area contributed by atoms with Crippen molar-refractivity contribution in [1.82, 2.24) is 10.2 Å². The number of thiocarbonyl (C=S) groups is 1. The van der Waals surface area contributed by atoms with Crippen molar-refractivity contribution in [1.29, 1.82) is 0 Å². The number of nitrogens with two attached hydrogens (primary N) is 1. The lowest BCUT2D eigenvalue weighted by molar-refractivity contribution is 0.171. The third-order valence-electron chi connectivity index (χ3n) is 3.72. The van der Waals surface area contributed by atoms with Crippen LogP contribution in [0.2, 0.25) is 5.02 Å². The van der Waals surface area contributed by atoms with Crippen LogP contribution in [0.5, 0.6) is 0 Å². The molecule has 1 unspecified atom stereocenters. The van der Waals surface area contributed by atoms with Crippen LogP contribution in [-0.2, 0) is 6.42 Å². The molecule has 1 atom stereocenters. The van der Waals surface area contributed by atoms with Gasteiger partial charge in [-0.15, -0.1) is 0 Å². The van der Waals surface area contributed by atoms with Gasteiger partial charge in [-0.25, -0.2) is 0 Å².